The van der Waals surface area contributed by atoms with Crippen molar-refractivity contribution in [3.8, 4) is 0 Å². The van der Waals surface area contributed by atoms with Crippen LogP contribution in [-0.2, 0) is 0 Å². The largest absolute Gasteiger partial charge is 0.399 e. The number of rotatable bonds is 2. The molecule has 4 heteroatoms. The first-order valence-corrected chi connectivity index (χ1v) is 7.11. The van der Waals surface area contributed by atoms with Gasteiger partial charge in [-0.2, -0.15) is 0 Å². The number of nitrogens with two attached hydrogens (primary N) is 1. The van der Waals surface area contributed by atoms with E-state index in [2.05, 4.69) is 5.32 Å². The predicted octanol–water partition coefficient (Wildman–Crippen LogP) is 4.04. The average Bonchev–Trinajstić information content (AvgIpc) is 2.87. The second-order valence-electron chi connectivity index (χ2n) is 4.67. The van der Waals surface area contributed by atoms with E-state index in [9.17, 15) is 4.79 Å². The molecule has 0 bridgehead atoms. The van der Waals surface area contributed by atoms with Crippen molar-refractivity contribution in [2.45, 2.75) is 6.92 Å². The van der Waals surface area contributed by atoms with Crippen molar-refractivity contribution < 1.29 is 4.79 Å². The van der Waals surface area contributed by atoms with Gasteiger partial charge < -0.3 is 11.1 Å². The van der Waals surface area contributed by atoms with Crippen molar-refractivity contribution in [1.29, 1.82) is 0 Å². The number of aryl methyl sites for hydroxylation is 1. The SMILES string of the molecule is Cc1cc(NC(=O)c2cc3ccccc3s2)ccc1N. The number of carbonyl (C=O) groups excluding carboxylic acids is 1. The Bertz CT molecular complexity index is 759. The number of benzene rings is 2. The standard InChI is InChI=1S/C16H14N2OS/c1-10-8-12(6-7-13(10)17)18-16(19)15-9-11-4-2-3-5-14(11)20-15/h2-9H,17H2,1H3,(H,18,19). The quantitative estimate of drug-likeness (QED) is 0.697. The summed E-state index contributed by atoms with van der Waals surface area (Å²) in [5, 5.41) is 4.00. The van der Waals surface area contributed by atoms with Crippen LogP contribution in [-0.4, -0.2) is 5.91 Å². The van der Waals surface area contributed by atoms with Gasteiger partial charge in [0, 0.05) is 16.1 Å². The molecule has 1 aromatic heterocycles. The average molecular weight is 282 g/mol. The highest BCUT2D eigenvalue weighted by Crippen LogP contribution is 2.26. The van der Waals surface area contributed by atoms with Gasteiger partial charge in [0.05, 0.1) is 4.88 Å². The Morgan fingerprint density at radius 2 is 1.95 bits per heavy atom. The normalized spacial score (nSPS) is 10.7. The molecule has 0 aliphatic heterocycles. The van der Waals surface area contributed by atoms with Gasteiger partial charge in [-0.15, -0.1) is 11.3 Å². The Labute approximate surface area is 121 Å². The van der Waals surface area contributed by atoms with Crippen molar-refractivity contribution in [2.24, 2.45) is 0 Å². The first kappa shape index (κ1) is 12.7. The monoisotopic (exact) mass is 282 g/mol. The third kappa shape index (κ3) is 2.38. The van der Waals surface area contributed by atoms with E-state index in [0.29, 0.717) is 4.88 Å². The minimum Gasteiger partial charge on any atom is -0.399 e. The molecular weight excluding hydrogens is 268 g/mol. The van der Waals surface area contributed by atoms with Crippen LogP contribution in [0.4, 0.5) is 11.4 Å². The molecule has 0 aliphatic rings. The number of nitrogens with one attached hydrogen (secondary N) is 1. The van der Waals surface area contributed by atoms with E-state index >= 15 is 0 Å². The summed E-state index contributed by atoms with van der Waals surface area (Å²) in [6.45, 7) is 1.92. The van der Waals surface area contributed by atoms with Crippen LogP contribution in [0.15, 0.2) is 48.5 Å². The van der Waals surface area contributed by atoms with E-state index in [1.165, 1.54) is 11.3 Å². The van der Waals surface area contributed by atoms with Gasteiger partial charge in [0.2, 0.25) is 0 Å². The molecule has 1 amide bonds. The van der Waals surface area contributed by atoms with Crippen molar-refractivity contribution >= 4 is 38.7 Å². The minimum absolute atomic E-state index is 0.0876. The smallest absolute Gasteiger partial charge is 0.265 e. The van der Waals surface area contributed by atoms with E-state index in [1.807, 2.05) is 49.4 Å². The van der Waals surface area contributed by atoms with E-state index in [4.69, 9.17) is 5.73 Å². The second kappa shape index (κ2) is 4.98. The summed E-state index contributed by atoms with van der Waals surface area (Å²) in [6.07, 6.45) is 0. The second-order valence-corrected chi connectivity index (χ2v) is 5.76. The highest BCUT2D eigenvalue weighted by molar-refractivity contribution is 7.20. The van der Waals surface area contributed by atoms with Crippen molar-refractivity contribution in [2.75, 3.05) is 11.1 Å². The molecule has 3 nitrogen and oxygen atoms in total. The van der Waals surface area contributed by atoms with Crippen LogP contribution < -0.4 is 11.1 Å². The zero-order valence-corrected chi connectivity index (χ0v) is 11.8. The fraction of sp³-hybridized carbons (Fsp3) is 0.0625. The van der Waals surface area contributed by atoms with Gasteiger partial charge in [0.15, 0.2) is 0 Å². The number of hydrogen-bond donors (Lipinski definition) is 2. The number of carbonyl (C=O) groups is 1. The Hall–Kier alpha value is -2.33. The van der Waals surface area contributed by atoms with Gasteiger partial charge in [-0.1, -0.05) is 18.2 Å². The van der Waals surface area contributed by atoms with Crippen molar-refractivity contribution in [3.05, 3.63) is 59.0 Å². The minimum atomic E-state index is -0.0876. The maximum atomic E-state index is 12.2. The van der Waals surface area contributed by atoms with Crippen LogP contribution in [0.2, 0.25) is 0 Å². The summed E-state index contributed by atoms with van der Waals surface area (Å²) in [5.41, 5.74) is 8.22. The van der Waals surface area contributed by atoms with Gasteiger partial charge in [-0.25, -0.2) is 0 Å². The molecule has 100 valence electrons. The molecule has 3 rings (SSSR count). The van der Waals surface area contributed by atoms with Gasteiger partial charge in [-0.3, -0.25) is 4.79 Å². The van der Waals surface area contributed by atoms with Crippen LogP contribution in [0.25, 0.3) is 10.1 Å². The molecular formula is C16H14N2OS. The van der Waals surface area contributed by atoms with Crippen LogP contribution in [0, 0.1) is 6.92 Å². The first-order valence-electron chi connectivity index (χ1n) is 6.29. The van der Waals surface area contributed by atoms with Crippen LogP contribution in [0.1, 0.15) is 15.2 Å². The Morgan fingerprint density at radius 3 is 2.70 bits per heavy atom. The maximum absolute atomic E-state index is 12.2. The van der Waals surface area contributed by atoms with E-state index in [-0.39, 0.29) is 5.91 Å². The zero-order chi connectivity index (χ0) is 14.1. The zero-order valence-electron chi connectivity index (χ0n) is 11.0. The lowest BCUT2D eigenvalue weighted by atomic mass is 10.2. The Kier molecular flexibility index (Phi) is 3.16. The fourth-order valence-corrected chi connectivity index (χ4v) is 3.00. The lowest BCUT2D eigenvalue weighted by molar-refractivity contribution is 0.103. The van der Waals surface area contributed by atoms with Gasteiger partial charge in [-0.05, 0) is 48.2 Å². The molecule has 0 unspecified atom stereocenters. The Morgan fingerprint density at radius 1 is 1.15 bits per heavy atom. The topological polar surface area (TPSA) is 55.1 Å². The molecule has 0 aliphatic carbocycles. The summed E-state index contributed by atoms with van der Waals surface area (Å²) in [4.78, 5) is 13.0. The maximum Gasteiger partial charge on any atom is 0.265 e. The fourth-order valence-electron chi connectivity index (χ4n) is 2.04. The summed E-state index contributed by atoms with van der Waals surface area (Å²) in [5.74, 6) is -0.0876. The first-order chi connectivity index (χ1) is 9.63. The molecule has 20 heavy (non-hydrogen) atoms. The number of thiophene rings is 1. The van der Waals surface area contributed by atoms with Gasteiger partial charge in [0.25, 0.3) is 5.91 Å². The third-order valence-corrected chi connectivity index (χ3v) is 4.29. The molecule has 0 saturated carbocycles. The van der Waals surface area contributed by atoms with E-state index < -0.39 is 0 Å². The van der Waals surface area contributed by atoms with Gasteiger partial charge in [0.1, 0.15) is 0 Å². The van der Waals surface area contributed by atoms with Crippen LogP contribution in [0.3, 0.4) is 0 Å². The van der Waals surface area contributed by atoms with Crippen molar-refractivity contribution in [1.82, 2.24) is 0 Å². The summed E-state index contributed by atoms with van der Waals surface area (Å²) in [6, 6.07) is 15.4. The van der Waals surface area contributed by atoms with Crippen molar-refractivity contribution in [3.63, 3.8) is 0 Å². The van der Waals surface area contributed by atoms with E-state index in [1.54, 1.807) is 6.07 Å². The molecule has 0 atom stereocenters. The highest BCUT2D eigenvalue weighted by atomic mass is 32.1. The molecule has 3 N–H and O–H groups in total. The molecule has 0 fully saturated rings. The van der Waals surface area contributed by atoms with Gasteiger partial charge >= 0.3 is 0 Å². The predicted molar refractivity (Wildman–Crippen MR) is 85.4 cm³/mol. The third-order valence-electron chi connectivity index (χ3n) is 3.18. The number of nitrogen functional groups attached to an aromatic ring is 1. The Balaban J connectivity index is 1.86. The van der Waals surface area contributed by atoms with E-state index in [0.717, 1.165) is 27.0 Å². The van der Waals surface area contributed by atoms with Crippen LogP contribution >= 0.6 is 11.3 Å². The van der Waals surface area contributed by atoms with Crippen LogP contribution in [0.5, 0.6) is 0 Å². The number of anilines is 2. The molecule has 0 saturated heterocycles. The molecule has 0 radical (unpaired) electrons. The molecule has 3 aromatic rings. The highest BCUT2D eigenvalue weighted by Gasteiger charge is 2.10. The lowest BCUT2D eigenvalue weighted by Gasteiger charge is -2.06. The molecule has 0 spiro atoms. The summed E-state index contributed by atoms with van der Waals surface area (Å²) in [7, 11) is 0. The number of amides is 1. The summed E-state index contributed by atoms with van der Waals surface area (Å²) >= 11 is 1.50. The molecule has 2 aromatic carbocycles. The summed E-state index contributed by atoms with van der Waals surface area (Å²) < 4.78 is 1.12. The number of hydrogen-bond acceptors (Lipinski definition) is 3. The number of fused-ring (bicyclic) bond motifs is 1. The lowest BCUT2D eigenvalue weighted by Crippen LogP contribution is -2.10. The molecule has 1 heterocycles.